The number of nitrogens with zero attached hydrogens (tertiary/aromatic N) is 1. The van der Waals surface area contributed by atoms with Crippen LogP contribution >= 0.6 is 23.4 Å². The summed E-state index contributed by atoms with van der Waals surface area (Å²) in [6, 6.07) is 4.43. The minimum atomic E-state index is -0.514. The van der Waals surface area contributed by atoms with E-state index in [0.29, 0.717) is 12.2 Å². The number of rotatable bonds is 3. The lowest BCUT2D eigenvalue weighted by Crippen LogP contribution is -1.92. The van der Waals surface area contributed by atoms with Crippen LogP contribution in [0.15, 0.2) is 18.2 Å². The van der Waals surface area contributed by atoms with Crippen LogP contribution in [0.2, 0.25) is 5.02 Å². The number of nitro groups is 1. The second kappa shape index (κ2) is 7.04. The fourth-order valence-electron chi connectivity index (χ4n) is 1.19. The summed E-state index contributed by atoms with van der Waals surface area (Å²) in [6.07, 6.45) is 0.479. The van der Waals surface area contributed by atoms with Crippen molar-refractivity contribution in [3.8, 4) is 11.8 Å². The molecule has 0 saturated heterocycles. The van der Waals surface area contributed by atoms with Crippen LogP contribution in [0.3, 0.4) is 0 Å². The van der Waals surface area contributed by atoms with Gasteiger partial charge in [-0.3, -0.25) is 14.9 Å². The number of benzene rings is 1. The number of thioether (sulfide) groups is 1. The maximum Gasteiger partial charge on any atom is 0.286 e. The third-order valence-electron chi connectivity index (χ3n) is 1.93. The first-order valence-corrected chi connectivity index (χ1v) is 6.44. The van der Waals surface area contributed by atoms with E-state index >= 15 is 0 Å². The molecule has 0 amide bonds. The quantitative estimate of drug-likeness (QED) is 0.370. The summed E-state index contributed by atoms with van der Waals surface area (Å²) >= 11 is 7.04. The molecule has 0 unspecified atom stereocenters. The van der Waals surface area contributed by atoms with Crippen LogP contribution in [0.1, 0.15) is 18.9 Å². The van der Waals surface area contributed by atoms with E-state index in [1.165, 1.54) is 30.8 Å². The van der Waals surface area contributed by atoms with Crippen molar-refractivity contribution in [2.75, 3.05) is 5.75 Å². The van der Waals surface area contributed by atoms with E-state index in [4.69, 9.17) is 11.6 Å². The summed E-state index contributed by atoms with van der Waals surface area (Å²) in [5, 5.41) is 11.1. The molecule has 0 radical (unpaired) electrons. The molecule has 94 valence electrons. The van der Waals surface area contributed by atoms with Crippen LogP contribution in [-0.2, 0) is 4.79 Å². The van der Waals surface area contributed by atoms with Crippen molar-refractivity contribution in [1.29, 1.82) is 0 Å². The number of hydrogen-bond acceptors (Lipinski definition) is 4. The average Bonchev–Trinajstić information content (AvgIpc) is 2.29. The minimum absolute atomic E-state index is 0.0283. The zero-order valence-electron chi connectivity index (χ0n) is 9.60. The van der Waals surface area contributed by atoms with Gasteiger partial charge in [0.15, 0.2) is 5.12 Å². The fraction of sp³-hybridized carbons (Fsp3) is 0.250. The van der Waals surface area contributed by atoms with Crippen LogP contribution < -0.4 is 0 Å². The Hall–Kier alpha value is -1.51. The molecular formula is C12H10ClNO3S. The molecule has 4 nitrogen and oxygen atoms in total. The van der Waals surface area contributed by atoms with E-state index in [-0.39, 0.29) is 21.4 Å². The largest absolute Gasteiger partial charge is 0.288 e. The number of halogens is 1. The van der Waals surface area contributed by atoms with Crippen molar-refractivity contribution in [2.45, 2.75) is 13.3 Å². The van der Waals surface area contributed by atoms with Gasteiger partial charge in [0, 0.05) is 25.2 Å². The highest BCUT2D eigenvalue weighted by Gasteiger charge is 2.14. The molecule has 0 saturated carbocycles. The molecule has 0 N–H and O–H groups in total. The monoisotopic (exact) mass is 283 g/mol. The highest BCUT2D eigenvalue weighted by atomic mass is 35.5. The molecule has 1 aromatic rings. The Bertz CT molecular complexity index is 534. The van der Waals surface area contributed by atoms with Gasteiger partial charge in [-0.15, -0.1) is 0 Å². The van der Waals surface area contributed by atoms with Crippen molar-refractivity contribution in [3.63, 3.8) is 0 Å². The zero-order chi connectivity index (χ0) is 13.5. The van der Waals surface area contributed by atoms with Crippen LogP contribution in [0.5, 0.6) is 0 Å². The van der Waals surface area contributed by atoms with Crippen molar-refractivity contribution in [2.24, 2.45) is 0 Å². The first-order chi connectivity index (χ1) is 8.52. The molecule has 0 fully saturated rings. The Kier molecular flexibility index (Phi) is 5.69. The van der Waals surface area contributed by atoms with E-state index < -0.39 is 4.92 Å². The standard InChI is InChI=1S/C12H10ClNO3S/c1-9(15)18-8-3-2-5-10-11(13)6-4-7-12(10)14(16)17/h4,6-7H,3,8H2,1H3. The molecule has 0 aromatic heterocycles. The number of nitro benzene ring substituents is 1. The lowest BCUT2D eigenvalue weighted by molar-refractivity contribution is -0.385. The summed E-state index contributed by atoms with van der Waals surface area (Å²) in [7, 11) is 0. The molecule has 0 heterocycles. The molecule has 0 aliphatic rings. The van der Waals surface area contributed by atoms with Crippen molar-refractivity contribution >= 4 is 34.2 Å². The van der Waals surface area contributed by atoms with Gasteiger partial charge in [-0.05, 0) is 6.07 Å². The Morgan fingerprint density at radius 1 is 1.56 bits per heavy atom. The summed E-state index contributed by atoms with van der Waals surface area (Å²) in [5.74, 6) is 6.04. The Morgan fingerprint density at radius 2 is 2.28 bits per heavy atom. The average molecular weight is 284 g/mol. The van der Waals surface area contributed by atoms with Gasteiger partial charge in [0.05, 0.1) is 9.95 Å². The molecule has 0 aliphatic carbocycles. The third-order valence-corrected chi connectivity index (χ3v) is 3.06. The van der Waals surface area contributed by atoms with Gasteiger partial charge in [0.2, 0.25) is 0 Å². The van der Waals surface area contributed by atoms with Crippen LogP contribution in [-0.4, -0.2) is 15.8 Å². The van der Waals surface area contributed by atoms with Gasteiger partial charge in [-0.2, -0.15) is 0 Å². The summed E-state index contributed by atoms with van der Waals surface area (Å²) in [6.45, 7) is 1.48. The molecule has 1 rings (SSSR count). The topological polar surface area (TPSA) is 60.2 Å². The van der Waals surface area contributed by atoms with Crippen molar-refractivity contribution < 1.29 is 9.72 Å². The fourth-order valence-corrected chi connectivity index (χ4v) is 1.89. The second-order valence-electron chi connectivity index (χ2n) is 3.28. The second-order valence-corrected chi connectivity index (χ2v) is 4.96. The third kappa shape index (κ3) is 4.40. The van der Waals surface area contributed by atoms with Crippen LogP contribution in [0.25, 0.3) is 0 Å². The van der Waals surface area contributed by atoms with Crippen LogP contribution in [0, 0.1) is 22.0 Å². The van der Waals surface area contributed by atoms with Gasteiger partial charge >= 0.3 is 0 Å². The smallest absolute Gasteiger partial charge is 0.286 e. The molecule has 0 aliphatic heterocycles. The Morgan fingerprint density at radius 3 is 2.89 bits per heavy atom. The predicted octanol–water partition coefficient (Wildman–Crippen LogP) is 3.27. The minimum Gasteiger partial charge on any atom is -0.288 e. The number of carbonyl (C=O) groups excluding carboxylic acids is 1. The number of hydrogen-bond donors (Lipinski definition) is 0. The van der Waals surface area contributed by atoms with E-state index in [2.05, 4.69) is 11.8 Å². The predicted molar refractivity (Wildman–Crippen MR) is 72.7 cm³/mol. The lowest BCUT2D eigenvalue weighted by Gasteiger charge is -1.97. The highest BCUT2D eigenvalue weighted by Crippen LogP contribution is 2.24. The van der Waals surface area contributed by atoms with E-state index in [9.17, 15) is 14.9 Å². The molecular weight excluding hydrogens is 274 g/mol. The van der Waals surface area contributed by atoms with Gasteiger partial charge in [-0.1, -0.05) is 41.3 Å². The van der Waals surface area contributed by atoms with E-state index in [1.807, 2.05) is 0 Å². The zero-order valence-corrected chi connectivity index (χ0v) is 11.2. The summed E-state index contributed by atoms with van der Waals surface area (Å²) in [4.78, 5) is 20.9. The molecule has 0 atom stereocenters. The van der Waals surface area contributed by atoms with Crippen LogP contribution in [0.4, 0.5) is 5.69 Å². The Labute approximate surface area is 114 Å². The molecule has 1 aromatic carbocycles. The molecule has 0 spiro atoms. The summed E-state index contributed by atoms with van der Waals surface area (Å²) < 4.78 is 0. The maximum atomic E-state index is 10.8. The van der Waals surface area contributed by atoms with Crippen molar-refractivity contribution in [3.05, 3.63) is 38.9 Å². The molecule has 6 heteroatoms. The SMILES string of the molecule is CC(=O)SCCC#Cc1c(Cl)cccc1[N+](=O)[O-]. The van der Waals surface area contributed by atoms with Gasteiger partial charge in [0.25, 0.3) is 5.69 Å². The van der Waals surface area contributed by atoms with Gasteiger partial charge in [-0.25, -0.2) is 0 Å². The Balaban J connectivity index is 2.81. The normalized spacial score (nSPS) is 9.44. The van der Waals surface area contributed by atoms with E-state index in [1.54, 1.807) is 6.07 Å². The van der Waals surface area contributed by atoms with E-state index in [0.717, 1.165) is 0 Å². The highest BCUT2D eigenvalue weighted by molar-refractivity contribution is 8.13. The molecule has 0 bridgehead atoms. The molecule has 18 heavy (non-hydrogen) atoms. The first kappa shape index (κ1) is 14.6. The summed E-state index contributed by atoms with van der Waals surface area (Å²) in [5.41, 5.74) is 0.117. The maximum absolute atomic E-state index is 10.8. The first-order valence-electron chi connectivity index (χ1n) is 5.07. The number of carbonyl (C=O) groups is 1. The van der Waals surface area contributed by atoms with Gasteiger partial charge in [0.1, 0.15) is 5.56 Å². The van der Waals surface area contributed by atoms with Crippen molar-refractivity contribution in [1.82, 2.24) is 0 Å². The lowest BCUT2D eigenvalue weighted by atomic mass is 10.2. The van der Waals surface area contributed by atoms with Gasteiger partial charge < -0.3 is 0 Å².